The van der Waals surface area contributed by atoms with Crippen LogP contribution in [0.15, 0.2) is 0 Å². The highest BCUT2D eigenvalue weighted by atomic mass is 32.4. The van der Waals surface area contributed by atoms with Gasteiger partial charge in [-0.3, -0.25) is 0 Å². The summed E-state index contributed by atoms with van der Waals surface area (Å²) < 4.78 is 6.10. The highest BCUT2D eigenvalue weighted by Gasteiger charge is 2.29. The summed E-state index contributed by atoms with van der Waals surface area (Å²) in [6.45, 7) is 12.0. The molecule has 0 N–H and O–H groups in total. The van der Waals surface area contributed by atoms with E-state index in [9.17, 15) is 0 Å². The second kappa shape index (κ2) is 7.81. The van der Waals surface area contributed by atoms with Gasteiger partial charge in [0, 0.05) is 11.3 Å². The lowest BCUT2D eigenvalue weighted by Gasteiger charge is -2.33. The van der Waals surface area contributed by atoms with Gasteiger partial charge in [0.2, 0.25) is 0 Å². The van der Waals surface area contributed by atoms with Crippen LogP contribution in [-0.2, 0) is 16.3 Å². The molecule has 0 aromatic carbocycles. The molecular weight excluding hydrogens is 223 g/mol. The minimum Gasteiger partial charge on any atom is -0.350 e. The summed E-state index contributed by atoms with van der Waals surface area (Å²) in [5, 5.41) is 0. The third-order valence-corrected chi connectivity index (χ3v) is 9.45. The fourth-order valence-electron chi connectivity index (χ4n) is 1.55. The quantitative estimate of drug-likeness (QED) is 0.452. The normalized spacial score (nSPS) is 19.5. The Morgan fingerprint density at radius 3 is 1.87 bits per heavy atom. The number of hydrogen-bond acceptors (Lipinski definition) is 2. The molecule has 0 aliphatic heterocycles. The van der Waals surface area contributed by atoms with Crippen LogP contribution in [0.25, 0.3) is 0 Å². The molecule has 0 aromatic heterocycles. The van der Waals surface area contributed by atoms with E-state index < -0.39 is 6.26 Å². The van der Waals surface area contributed by atoms with Crippen molar-refractivity contribution in [3.8, 4) is 0 Å². The van der Waals surface area contributed by atoms with Crippen molar-refractivity contribution in [3.05, 3.63) is 0 Å². The average molecular weight is 250 g/mol. The van der Waals surface area contributed by atoms with Crippen LogP contribution in [0, 0.1) is 0 Å². The van der Waals surface area contributed by atoms with E-state index in [0.717, 1.165) is 25.9 Å². The molecule has 2 atom stereocenters. The average Bonchev–Trinajstić information content (AvgIpc) is 2.26. The van der Waals surface area contributed by atoms with Gasteiger partial charge in [0.05, 0.1) is 12.9 Å². The van der Waals surface area contributed by atoms with Crippen molar-refractivity contribution in [3.63, 3.8) is 0 Å². The first-order valence-corrected chi connectivity index (χ1v) is 9.12. The van der Waals surface area contributed by atoms with E-state index in [1.165, 1.54) is 6.42 Å². The fourth-order valence-corrected chi connectivity index (χ4v) is 5.48. The predicted octanol–water partition coefficient (Wildman–Crippen LogP) is 4.79. The molecule has 0 bridgehead atoms. The molecule has 2 unspecified atom stereocenters. The molecule has 3 heteroatoms. The summed E-state index contributed by atoms with van der Waals surface area (Å²) in [5.74, 6) is 0. The maximum Gasteiger partial charge on any atom is 0.0726 e. The molecule has 0 rings (SSSR count). The van der Waals surface area contributed by atoms with Crippen molar-refractivity contribution in [2.75, 3.05) is 6.61 Å². The van der Waals surface area contributed by atoms with Crippen LogP contribution < -0.4 is 0 Å². The van der Waals surface area contributed by atoms with Gasteiger partial charge in [-0.05, 0) is 19.3 Å². The van der Waals surface area contributed by atoms with Crippen LogP contribution in [-0.4, -0.2) is 17.9 Å². The molecule has 0 saturated carbocycles. The lowest BCUT2D eigenvalue weighted by Crippen LogP contribution is -2.15. The van der Waals surface area contributed by atoms with Crippen LogP contribution in [0.3, 0.4) is 0 Å². The van der Waals surface area contributed by atoms with Crippen molar-refractivity contribution in [1.29, 1.82) is 0 Å². The summed E-state index contributed by atoms with van der Waals surface area (Å²) in [5.41, 5.74) is 1.14. The third kappa shape index (κ3) is 4.54. The first kappa shape index (κ1) is 15.6. The maximum atomic E-state index is 6.10. The van der Waals surface area contributed by atoms with E-state index in [-0.39, 0.29) is 0 Å². The number of unbranched alkanes of at least 4 members (excludes halogenated alkanes) is 1. The van der Waals surface area contributed by atoms with Crippen molar-refractivity contribution in [1.82, 2.24) is 0 Å². The lowest BCUT2D eigenvalue weighted by atomic mass is 10.4. The number of hydrogen-bond donors (Lipinski definition) is 0. The van der Waals surface area contributed by atoms with Crippen molar-refractivity contribution >= 4 is 18.1 Å². The molecule has 0 radical (unpaired) electrons. The summed E-state index contributed by atoms with van der Waals surface area (Å²) in [6.07, 6.45) is 3.03. The molecule has 0 aliphatic carbocycles. The summed E-state index contributed by atoms with van der Waals surface area (Å²) in [4.78, 5) is 0. The minimum absolute atomic E-state index is 0.569. The van der Waals surface area contributed by atoms with Gasteiger partial charge in [-0.1, -0.05) is 52.8 Å². The summed E-state index contributed by atoms with van der Waals surface area (Å²) in [6, 6.07) is 0. The van der Waals surface area contributed by atoms with Gasteiger partial charge in [0.1, 0.15) is 0 Å². The molecular formula is C12H27OPS. The standard InChI is InChI=1S/C12H27OPS/c1-6-9-10-13-14(15,11(4)7-2)12(5)8-3/h11-12H,6-10H2,1-5H3. The molecule has 0 spiro atoms. The van der Waals surface area contributed by atoms with Crippen molar-refractivity contribution in [2.45, 2.75) is 71.6 Å². The molecule has 92 valence electrons. The van der Waals surface area contributed by atoms with E-state index in [1.54, 1.807) is 0 Å². The number of rotatable bonds is 8. The molecule has 0 aromatic rings. The Morgan fingerprint density at radius 2 is 1.53 bits per heavy atom. The highest BCUT2D eigenvalue weighted by molar-refractivity contribution is 8.12. The maximum absolute atomic E-state index is 6.10. The molecule has 0 aliphatic rings. The smallest absolute Gasteiger partial charge is 0.0726 e. The molecule has 0 saturated heterocycles. The van der Waals surface area contributed by atoms with E-state index in [4.69, 9.17) is 16.3 Å². The van der Waals surface area contributed by atoms with Crippen LogP contribution in [0.4, 0.5) is 0 Å². The van der Waals surface area contributed by atoms with Crippen LogP contribution in [0.1, 0.15) is 60.3 Å². The van der Waals surface area contributed by atoms with Crippen LogP contribution in [0.2, 0.25) is 0 Å². The highest BCUT2D eigenvalue weighted by Crippen LogP contribution is 2.58. The van der Waals surface area contributed by atoms with E-state index in [0.29, 0.717) is 11.3 Å². The van der Waals surface area contributed by atoms with Gasteiger partial charge in [-0.25, -0.2) is 0 Å². The van der Waals surface area contributed by atoms with Gasteiger partial charge >= 0.3 is 0 Å². The third-order valence-electron chi connectivity index (χ3n) is 3.20. The van der Waals surface area contributed by atoms with Crippen LogP contribution in [0.5, 0.6) is 0 Å². The minimum atomic E-state index is -1.60. The fraction of sp³-hybridized carbons (Fsp3) is 1.00. The Kier molecular flexibility index (Phi) is 8.13. The lowest BCUT2D eigenvalue weighted by molar-refractivity contribution is 0.330. The molecule has 0 amide bonds. The summed E-state index contributed by atoms with van der Waals surface area (Å²) >= 11 is 5.85. The van der Waals surface area contributed by atoms with Gasteiger partial charge in [0.15, 0.2) is 0 Å². The first-order chi connectivity index (χ1) is 7.02. The first-order valence-electron chi connectivity index (χ1n) is 6.26. The topological polar surface area (TPSA) is 9.23 Å². The molecule has 0 fully saturated rings. The zero-order valence-electron chi connectivity index (χ0n) is 11.0. The van der Waals surface area contributed by atoms with E-state index in [2.05, 4.69) is 34.6 Å². The Labute approximate surface area is 101 Å². The summed E-state index contributed by atoms with van der Waals surface area (Å²) in [7, 11) is 0. The Balaban J connectivity index is 4.48. The van der Waals surface area contributed by atoms with Crippen molar-refractivity contribution in [2.24, 2.45) is 0 Å². The van der Waals surface area contributed by atoms with Crippen molar-refractivity contribution < 1.29 is 4.52 Å². The van der Waals surface area contributed by atoms with E-state index >= 15 is 0 Å². The second-order valence-electron chi connectivity index (χ2n) is 4.35. The second-order valence-corrected chi connectivity index (χ2v) is 9.37. The van der Waals surface area contributed by atoms with Crippen LogP contribution >= 0.6 is 6.26 Å². The predicted molar refractivity (Wildman–Crippen MR) is 74.7 cm³/mol. The molecule has 1 nitrogen and oxygen atoms in total. The molecule has 0 heterocycles. The van der Waals surface area contributed by atoms with Gasteiger partial charge in [0.25, 0.3) is 0 Å². The monoisotopic (exact) mass is 250 g/mol. The van der Waals surface area contributed by atoms with E-state index in [1.807, 2.05) is 0 Å². The van der Waals surface area contributed by atoms with Gasteiger partial charge in [-0.2, -0.15) is 0 Å². The SMILES string of the molecule is CCCCOP(=S)(C(C)CC)C(C)CC. The Morgan fingerprint density at radius 1 is 1.07 bits per heavy atom. The largest absolute Gasteiger partial charge is 0.350 e. The van der Waals surface area contributed by atoms with Gasteiger partial charge in [-0.15, -0.1) is 0 Å². The Bertz CT molecular complexity index is 192. The zero-order chi connectivity index (χ0) is 11.9. The molecule has 15 heavy (non-hydrogen) atoms. The Hall–Kier alpha value is 0.610. The zero-order valence-corrected chi connectivity index (χ0v) is 12.7. The van der Waals surface area contributed by atoms with Gasteiger partial charge < -0.3 is 4.52 Å².